The van der Waals surface area contributed by atoms with Gasteiger partial charge in [0, 0.05) is 5.56 Å². The Labute approximate surface area is 184 Å². The zero-order valence-electron chi connectivity index (χ0n) is 18.4. The summed E-state index contributed by atoms with van der Waals surface area (Å²) in [5, 5.41) is 2.15. The third-order valence-corrected chi connectivity index (χ3v) is 5.32. The third kappa shape index (κ3) is 10.1. The Morgan fingerprint density at radius 3 is 2.00 bits per heavy atom. The van der Waals surface area contributed by atoms with Crippen LogP contribution in [-0.4, -0.2) is 38.8 Å². The number of esters is 1. The van der Waals surface area contributed by atoms with E-state index in [-0.39, 0.29) is 36.8 Å². The number of nitrogens with two attached hydrogens (primary N) is 1. The molecule has 0 fully saturated rings. The molecule has 2 unspecified atom stereocenters. The van der Waals surface area contributed by atoms with Gasteiger partial charge >= 0.3 is 5.97 Å². The van der Waals surface area contributed by atoms with Gasteiger partial charge in [-0.05, 0) is 31.2 Å². The van der Waals surface area contributed by atoms with Crippen LogP contribution in [0.1, 0.15) is 71.0 Å². The molecule has 0 amide bonds. The zero-order chi connectivity index (χ0) is 19.5. The van der Waals surface area contributed by atoms with Crippen molar-refractivity contribution in [3.63, 3.8) is 0 Å². The number of likely N-dealkylation sites (N-methyl/N-ethyl adjacent to an activating group) is 1. The maximum Gasteiger partial charge on any atom is 0.369 e. The highest BCUT2D eigenvalue weighted by molar-refractivity contribution is 5.76. The second-order valence-electron chi connectivity index (χ2n) is 7.67. The molecule has 0 saturated heterocycles. The van der Waals surface area contributed by atoms with Crippen molar-refractivity contribution in [1.29, 1.82) is 0 Å². The summed E-state index contributed by atoms with van der Waals surface area (Å²) < 4.78 is 5.62. The number of carbonyl (C=O) groups excluding carboxylic acids is 1. The number of nitrogens with one attached hydrogen (secondary N) is 1. The number of quaternary nitrogens is 2. The molecule has 1 rings (SSSR count). The topological polar surface area (TPSA) is 47.3 Å². The lowest BCUT2D eigenvalue weighted by molar-refractivity contribution is -0.910. The molecule has 0 aliphatic heterocycles. The molecule has 0 saturated carbocycles. The van der Waals surface area contributed by atoms with Crippen LogP contribution >= 0.6 is 0 Å². The van der Waals surface area contributed by atoms with E-state index in [1.807, 2.05) is 0 Å². The van der Waals surface area contributed by atoms with Crippen LogP contribution in [0.15, 0.2) is 24.3 Å². The number of benzene rings is 1. The summed E-state index contributed by atoms with van der Waals surface area (Å²) in [6, 6.07) is 8.18. The van der Waals surface area contributed by atoms with E-state index in [1.165, 1.54) is 5.56 Å². The second kappa shape index (κ2) is 16.0. The minimum atomic E-state index is -0.268. The second-order valence-corrected chi connectivity index (χ2v) is 7.67. The molecule has 0 bridgehead atoms. The van der Waals surface area contributed by atoms with Crippen molar-refractivity contribution in [2.75, 3.05) is 32.8 Å². The molecule has 6 heteroatoms. The van der Waals surface area contributed by atoms with E-state index >= 15 is 0 Å². The Morgan fingerprint density at radius 1 is 1.00 bits per heavy atom. The lowest BCUT2D eigenvalue weighted by Crippen LogP contribution is -3.14. The summed E-state index contributed by atoms with van der Waals surface area (Å²) in [5.41, 5.74) is 2.34. The highest BCUT2D eigenvalue weighted by Crippen LogP contribution is 2.18. The number of hydrogen-bond donors (Lipinski definition) is 2. The van der Waals surface area contributed by atoms with Gasteiger partial charge in [-0.25, -0.2) is 4.79 Å². The third-order valence-electron chi connectivity index (χ3n) is 5.32. The first-order chi connectivity index (χ1) is 12.4. The Bertz CT molecular complexity index is 520. The van der Waals surface area contributed by atoms with E-state index in [9.17, 15) is 4.79 Å². The Morgan fingerprint density at radius 2 is 1.54 bits per heavy atom. The van der Waals surface area contributed by atoms with Gasteiger partial charge in [-0.15, -0.1) is 0 Å². The predicted octanol–water partition coefficient (Wildman–Crippen LogP) is -4.06. The minimum Gasteiger partial charge on any atom is -1.00 e. The van der Waals surface area contributed by atoms with Gasteiger partial charge in [-0.3, -0.25) is 0 Å². The number of carbonyl (C=O) groups is 1. The molecule has 28 heavy (non-hydrogen) atoms. The molecule has 0 radical (unpaired) electrons. The van der Waals surface area contributed by atoms with Crippen LogP contribution in [-0.2, 0) is 9.53 Å². The van der Waals surface area contributed by atoms with Gasteiger partial charge < -0.3 is 39.8 Å². The molecule has 0 heterocycles. The summed E-state index contributed by atoms with van der Waals surface area (Å²) in [6.45, 7) is 17.8. The van der Waals surface area contributed by atoms with Crippen LogP contribution in [0, 0.1) is 5.92 Å². The normalized spacial score (nSPS) is 12.9. The largest absolute Gasteiger partial charge is 1.00 e. The lowest BCUT2D eigenvalue weighted by atomic mass is 9.99. The molecule has 0 aliphatic carbocycles. The van der Waals surface area contributed by atoms with Gasteiger partial charge in [-0.2, -0.15) is 0 Å². The van der Waals surface area contributed by atoms with E-state index in [1.54, 1.807) is 4.90 Å². The maximum atomic E-state index is 12.7. The molecule has 1 aromatic rings. The van der Waals surface area contributed by atoms with Crippen LogP contribution in [0.25, 0.3) is 0 Å². The summed E-state index contributed by atoms with van der Waals surface area (Å²) >= 11 is 0. The first-order valence-corrected chi connectivity index (χ1v) is 10.4. The van der Waals surface area contributed by atoms with E-state index in [0.29, 0.717) is 18.4 Å². The molecule has 3 N–H and O–H groups in total. The Hall–Kier alpha value is -0.810. The summed E-state index contributed by atoms with van der Waals surface area (Å²) in [4.78, 5) is 14.3. The molecular weight excluding hydrogens is 395 g/mol. The fraction of sp³-hybridized carbons (Fsp3) is 0.682. The fourth-order valence-corrected chi connectivity index (χ4v) is 2.95. The smallest absolute Gasteiger partial charge is 0.369 e. The fourth-order valence-electron chi connectivity index (χ4n) is 2.95. The molecule has 0 aromatic heterocycles. The van der Waals surface area contributed by atoms with Crippen LogP contribution in [0.3, 0.4) is 0 Å². The average Bonchev–Trinajstić information content (AvgIpc) is 2.66. The van der Waals surface area contributed by atoms with Gasteiger partial charge in [-0.1, -0.05) is 58.4 Å². The molecule has 0 spiro atoms. The van der Waals surface area contributed by atoms with Crippen LogP contribution < -0.4 is 35.0 Å². The van der Waals surface area contributed by atoms with Crippen molar-refractivity contribution in [1.82, 2.24) is 0 Å². The SMILES string of the molecule is CCC(C)COC(=O)C([NH2+]CC[NH+](CC)CC)c1ccc(C(C)C)cc1.[Cl-].[Cl-]. The van der Waals surface area contributed by atoms with E-state index in [4.69, 9.17) is 4.74 Å². The van der Waals surface area contributed by atoms with Crippen molar-refractivity contribution < 1.29 is 44.6 Å². The number of ether oxygens (including phenoxy) is 1. The van der Waals surface area contributed by atoms with Gasteiger partial charge in [0.05, 0.1) is 19.7 Å². The van der Waals surface area contributed by atoms with Crippen molar-refractivity contribution in [2.45, 2.75) is 59.9 Å². The van der Waals surface area contributed by atoms with E-state index in [2.05, 4.69) is 71.1 Å². The summed E-state index contributed by atoms with van der Waals surface area (Å²) in [5.74, 6) is 0.787. The number of hydrogen-bond acceptors (Lipinski definition) is 2. The van der Waals surface area contributed by atoms with Gasteiger partial charge in [0.2, 0.25) is 6.04 Å². The maximum absolute atomic E-state index is 12.7. The number of rotatable bonds is 12. The standard InChI is InChI=1S/C22H38N2O2.2ClH/c1-7-18(6)16-26-22(25)21(23-14-15-24(8-2)9-3)20-12-10-19(11-13-20)17(4)5;;/h10-13,17-18,21,23H,7-9,14-16H2,1-6H3;2*1H. The summed E-state index contributed by atoms with van der Waals surface area (Å²) in [7, 11) is 0. The van der Waals surface area contributed by atoms with E-state index < -0.39 is 0 Å². The molecular formula is C22H40Cl2N2O2. The van der Waals surface area contributed by atoms with Gasteiger partial charge in [0.1, 0.15) is 13.1 Å². The van der Waals surface area contributed by atoms with Crippen molar-refractivity contribution in [2.24, 2.45) is 5.92 Å². The van der Waals surface area contributed by atoms with Gasteiger partial charge in [0.15, 0.2) is 0 Å². The zero-order valence-corrected chi connectivity index (χ0v) is 19.9. The Kier molecular flexibility index (Phi) is 16.8. The number of halogens is 2. The quantitative estimate of drug-likeness (QED) is 0.329. The summed E-state index contributed by atoms with van der Waals surface area (Å²) in [6.07, 6.45) is 1.02. The van der Waals surface area contributed by atoms with E-state index in [0.717, 1.165) is 38.2 Å². The molecule has 2 atom stereocenters. The first kappa shape index (κ1) is 29.4. The first-order valence-electron chi connectivity index (χ1n) is 10.4. The van der Waals surface area contributed by atoms with Crippen molar-refractivity contribution in [3.05, 3.63) is 35.4 Å². The van der Waals surface area contributed by atoms with Crippen LogP contribution in [0.4, 0.5) is 0 Å². The molecule has 164 valence electrons. The molecule has 0 aliphatic rings. The monoisotopic (exact) mass is 434 g/mol. The molecule has 1 aromatic carbocycles. The van der Waals surface area contributed by atoms with Crippen LogP contribution in [0.2, 0.25) is 0 Å². The highest BCUT2D eigenvalue weighted by atomic mass is 35.5. The lowest BCUT2D eigenvalue weighted by Gasteiger charge is -2.19. The van der Waals surface area contributed by atoms with Crippen LogP contribution in [0.5, 0.6) is 0 Å². The Balaban J connectivity index is 0. The highest BCUT2D eigenvalue weighted by Gasteiger charge is 2.26. The van der Waals surface area contributed by atoms with Crippen molar-refractivity contribution >= 4 is 5.97 Å². The van der Waals surface area contributed by atoms with Gasteiger partial charge in [0.25, 0.3) is 0 Å². The molecule has 4 nitrogen and oxygen atoms in total. The predicted molar refractivity (Wildman–Crippen MR) is 107 cm³/mol. The average molecular weight is 435 g/mol. The minimum absolute atomic E-state index is 0. The van der Waals surface area contributed by atoms with Crippen molar-refractivity contribution in [3.8, 4) is 0 Å².